The van der Waals surface area contributed by atoms with E-state index in [0.29, 0.717) is 22.3 Å². The number of aromatic nitrogens is 1. The number of rotatable bonds is 5. The van der Waals surface area contributed by atoms with Gasteiger partial charge in [0.1, 0.15) is 11.3 Å². The first-order valence-electron chi connectivity index (χ1n) is 8.47. The zero-order valence-electron chi connectivity index (χ0n) is 15.1. The third-order valence-corrected chi connectivity index (χ3v) is 3.95. The summed E-state index contributed by atoms with van der Waals surface area (Å²) in [5.41, 5.74) is 2.81. The van der Waals surface area contributed by atoms with Gasteiger partial charge in [-0.3, -0.25) is 4.98 Å². The predicted octanol–water partition coefficient (Wildman–Crippen LogP) is 5.36. The van der Waals surface area contributed by atoms with Crippen LogP contribution >= 0.6 is 0 Å². The summed E-state index contributed by atoms with van der Waals surface area (Å²) in [4.78, 5) is 16.7. The molecule has 0 fully saturated rings. The molecule has 0 spiro atoms. The van der Waals surface area contributed by atoms with Gasteiger partial charge >= 0.3 is 12.3 Å². The molecule has 28 heavy (non-hydrogen) atoms. The summed E-state index contributed by atoms with van der Waals surface area (Å²) < 4.78 is 45.9. The van der Waals surface area contributed by atoms with Crippen molar-refractivity contribution in [2.45, 2.75) is 20.2 Å². The van der Waals surface area contributed by atoms with Crippen LogP contribution in [0, 0.1) is 6.92 Å². The summed E-state index contributed by atoms with van der Waals surface area (Å²) in [7, 11) is 0. The van der Waals surface area contributed by atoms with Crippen molar-refractivity contribution in [3.05, 3.63) is 59.8 Å². The van der Waals surface area contributed by atoms with E-state index < -0.39 is 12.3 Å². The molecule has 0 aliphatic heterocycles. The highest BCUT2D eigenvalue weighted by Crippen LogP contribution is 2.32. The van der Waals surface area contributed by atoms with Gasteiger partial charge in [0.15, 0.2) is 0 Å². The highest BCUT2D eigenvalue weighted by atomic mass is 19.4. The molecule has 1 aromatic heterocycles. The second kappa shape index (κ2) is 7.75. The van der Waals surface area contributed by atoms with Crippen LogP contribution in [0.5, 0.6) is 5.75 Å². The van der Waals surface area contributed by atoms with Gasteiger partial charge in [0.25, 0.3) is 0 Å². The minimum atomic E-state index is -4.76. The molecule has 0 saturated carbocycles. The van der Waals surface area contributed by atoms with Crippen molar-refractivity contribution < 1.29 is 27.4 Å². The fraction of sp³-hybridized carbons (Fsp3) is 0.200. The Morgan fingerprint density at radius 3 is 2.50 bits per heavy atom. The number of benzene rings is 2. The molecule has 5 nitrogen and oxygen atoms in total. The molecule has 1 N–H and O–H groups in total. The second-order valence-corrected chi connectivity index (χ2v) is 5.94. The van der Waals surface area contributed by atoms with Crippen molar-refractivity contribution in [3.63, 3.8) is 0 Å². The molecule has 0 amide bonds. The monoisotopic (exact) mass is 390 g/mol. The Balaban J connectivity index is 2.02. The summed E-state index contributed by atoms with van der Waals surface area (Å²) in [5.74, 6) is -0.878. The van der Waals surface area contributed by atoms with E-state index in [1.54, 1.807) is 6.92 Å². The first-order chi connectivity index (χ1) is 13.3. The van der Waals surface area contributed by atoms with Crippen LogP contribution in [0.4, 0.5) is 24.5 Å². The molecule has 3 rings (SSSR count). The molecule has 0 bridgehead atoms. The fourth-order valence-corrected chi connectivity index (χ4v) is 2.75. The average molecular weight is 390 g/mol. The van der Waals surface area contributed by atoms with E-state index in [2.05, 4.69) is 15.0 Å². The van der Waals surface area contributed by atoms with Gasteiger partial charge < -0.3 is 14.8 Å². The number of esters is 1. The van der Waals surface area contributed by atoms with E-state index in [1.807, 2.05) is 25.1 Å². The Bertz CT molecular complexity index is 1000. The maximum atomic E-state index is 12.3. The van der Waals surface area contributed by atoms with Gasteiger partial charge in [-0.05, 0) is 43.7 Å². The minimum Gasteiger partial charge on any atom is -0.462 e. The lowest BCUT2D eigenvalue weighted by Crippen LogP contribution is -2.17. The maximum absolute atomic E-state index is 12.3. The molecular formula is C20H17F3N2O3. The molecule has 0 unspecified atom stereocenters. The molecule has 0 atom stereocenters. The van der Waals surface area contributed by atoms with Crippen molar-refractivity contribution in [2.75, 3.05) is 11.9 Å². The zero-order valence-corrected chi connectivity index (χ0v) is 15.1. The van der Waals surface area contributed by atoms with E-state index >= 15 is 0 Å². The second-order valence-electron chi connectivity index (χ2n) is 5.94. The van der Waals surface area contributed by atoms with Gasteiger partial charge in [-0.25, -0.2) is 4.79 Å². The maximum Gasteiger partial charge on any atom is 0.573 e. The molecule has 0 aliphatic rings. The molecule has 2 aromatic carbocycles. The number of anilines is 2. The molecule has 0 radical (unpaired) electrons. The van der Waals surface area contributed by atoms with Crippen LogP contribution in [-0.4, -0.2) is 23.9 Å². The van der Waals surface area contributed by atoms with E-state index in [4.69, 9.17) is 4.74 Å². The average Bonchev–Trinajstić information content (AvgIpc) is 2.63. The number of hydrogen-bond donors (Lipinski definition) is 1. The van der Waals surface area contributed by atoms with Crippen LogP contribution in [0.2, 0.25) is 0 Å². The Morgan fingerprint density at radius 2 is 1.86 bits per heavy atom. The highest BCUT2D eigenvalue weighted by molar-refractivity contribution is 6.06. The number of halogens is 3. The quantitative estimate of drug-likeness (QED) is 0.594. The van der Waals surface area contributed by atoms with Crippen LogP contribution in [0.25, 0.3) is 10.9 Å². The number of nitrogens with one attached hydrogen (secondary N) is 1. The Kier molecular flexibility index (Phi) is 5.39. The van der Waals surface area contributed by atoms with Crippen LogP contribution in [0.3, 0.4) is 0 Å². The number of ether oxygens (including phenoxy) is 2. The van der Waals surface area contributed by atoms with Gasteiger partial charge in [-0.2, -0.15) is 0 Å². The number of nitrogens with zero attached hydrogens (tertiary/aromatic N) is 1. The van der Waals surface area contributed by atoms with E-state index in [9.17, 15) is 18.0 Å². The Morgan fingerprint density at radius 1 is 1.14 bits per heavy atom. The first-order valence-corrected chi connectivity index (χ1v) is 8.47. The molecule has 0 aliphatic carbocycles. The van der Waals surface area contributed by atoms with E-state index in [1.165, 1.54) is 30.5 Å². The summed E-state index contributed by atoms with van der Waals surface area (Å²) in [6.45, 7) is 3.79. The molecule has 0 saturated heterocycles. The van der Waals surface area contributed by atoms with Crippen molar-refractivity contribution in [1.82, 2.24) is 4.98 Å². The third kappa shape index (κ3) is 4.33. The summed E-state index contributed by atoms with van der Waals surface area (Å²) in [6, 6.07) is 10.8. The van der Waals surface area contributed by atoms with Crippen LogP contribution < -0.4 is 10.1 Å². The van der Waals surface area contributed by atoms with E-state index in [0.717, 1.165) is 5.56 Å². The number of carbonyl (C=O) groups excluding carboxylic acids is 1. The smallest absolute Gasteiger partial charge is 0.462 e. The van der Waals surface area contributed by atoms with Crippen LogP contribution in [-0.2, 0) is 4.74 Å². The molecule has 8 heteroatoms. The number of carbonyl (C=O) groups is 1. The number of aryl methyl sites for hydroxylation is 1. The van der Waals surface area contributed by atoms with Crippen molar-refractivity contribution >= 4 is 28.2 Å². The van der Waals surface area contributed by atoms with Gasteiger partial charge in [-0.1, -0.05) is 18.2 Å². The van der Waals surface area contributed by atoms with Gasteiger partial charge in [-0.15, -0.1) is 13.2 Å². The number of pyridine rings is 1. The normalized spacial score (nSPS) is 11.3. The number of fused-ring (bicyclic) bond motifs is 1. The molecule has 3 aromatic rings. The molecular weight excluding hydrogens is 373 g/mol. The summed E-state index contributed by atoms with van der Waals surface area (Å²) in [5, 5.41) is 3.79. The van der Waals surface area contributed by atoms with Crippen molar-refractivity contribution in [3.8, 4) is 5.75 Å². The Labute approximate surface area is 159 Å². The molecule has 1 heterocycles. The number of para-hydroxylation sites is 1. The lowest BCUT2D eigenvalue weighted by atomic mass is 10.1. The first kappa shape index (κ1) is 19.5. The Hall–Kier alpha value is -3.29. The summed E-state index contributed by atoms with van der Waals surface area (Å²) in [6.07, 6.45) is -3.33. The van der Waals surface area contributed by atoms with Crippen molar-refractivity contribution in [2.24, 2.45) is 0 Å². The van der Waals surface area contributed by atoms with Gasteiger partial charge in [0.2, 0.25) is 0 Å². The minimum absolute atomic E-state index is 0.202. The lowest BCUT2D eigenvalue weighted by Gasteiger charge is -2.15. The highest BCUT2D eigenvalue weighted by Gasteiger charge is 2.31. The fourth-order valence-electron chi connectivity index (χ4n) is 2.75. The number of hydrogen-bond acceptors (Lipinski definition) is 5. The SMILES string of the molecule is CCOC(=O)c1cnc2c(C)cccc2c1Nc1ccc(OC(F)(F)F)cc1. The predicted molar refractivity (Wildman–Crippen MR) is 98.8 cm³/mol. The third-order valence-electron chi connectivity index (χ3n) is 3.95. The molecule has 146 valence electrons. The van der Waals surface area contributed by atoms with Gasteiger partial charge in [0, 0.05) is 17.3 Å². The summed E-state index contributed by atoms with van der Waals surface area (Å²) >= 11 is 0. The topological polar surface area (TPSA) is 60.5 Å². The number of alkyl halides is 3. The van der Waals surface area contributed by atoms with Crippen molar-refractivity contribution in [1.29, 1.82) is 0 Å². The van der Waals surface area contributed by atoms with Crippen LogP contribution in [0.15, 0.2) is 48.7 Å². The lowest BCUT2D eigenvalue weighted by molar-refractivity contribution is -0.274. The van der Waals surface area contributed by atoms with Crippen LogP contribution in [0.1, 0.15) is 22.8 Å². The van der Waals surface area contributed by atoms with E-state index in [-0.39, 0.29) is 17.9 Å². The largest absolute Gasteiger partial charge is 0.573 e. The zero-order chi connectivity index (χ0) is 20.3. The van der Waals surface area contributed by atoms with Gasteiger partial charge in [0.05, 0.1) is 17.8 Å². The standard InChI is InChI=1S/C20H17F3N2O3/c1-3-27-19(26)16-11-24-17-12(2)5-4-6-15(17)18(16)25-13-7-9-14(10-8-13)28-20(21,22)23/h4-11H,3H2,1-2H3,(H,24,25).